The van der Waals surface area contributed by atoms with Gasteiger partial charge in [-0.3, -0.25) is 4.90 Å². The van der Waals surface area contributed by atoms with E-state index < -0.39 is 0 Å². The zero-order chi connectivity index (χ0) is 18.4. The van der Waals surface area contributed by atoms with Crippen LogP contribution in [0.5, 0.6) is 0 Å². The van der Waals surface area contributed by atoms with E-state index >= 15 is 0 Å². The molecule has 0 radical (unpaired) electrons. The Bertz CT molecular complexity index is 765. The topological polar surface area (TPSA) is 3.24 Å². The Hall–Kier alpha value is -2.38. The molecule has 0 unspecified atom stereocenters. The normalized spacial score (nSPS) is 11.3. The SMILES string of the molecule is Cc1cc(CN(Cc2ccccc2)Cc2ccccc2)cc(C(C)C)c1. The molecule has 3 rings (SSSR count). The first-order valence-corrected chi connectivity index (χ1v) is 9.51. The quantitative estimate of drug-likeness (QED) is 0.485. The van der Waals surface area contributed by atoms with Gasteiger partial charge in [-0.25, -0.2) is 0 Å². The number of hydrogen-bond acceptors (Lipinski definition) is 1. The Morgan fingerprint density at radius 2 is 1.15 bits per heavy atom. The van der Waals surface area contributed by atoms with Gasteiger partial charge in [0.25, 0.3) is 0 Å². The Kier molecular flexibility index (Phi) is 6.25. The summed E-state index contributed by atoms with van der Waals surface area (Å²) in [5, 5.41) is 0. The summed E-state index contributed by atoms with van der Waals surface area (Å²) in [6, 6.07) is 28.5. The van der Waals surface area contributed by atoms with Crippen molar-refractivity contribution in [1.82, 2.24) is 4.90 Å². The third kappa shape index (κ3) is 5.31. The van der Waals surface area contributed by atoms with Gasteiger partial charge in [0.2, 0.25) is 0 Å². The molecule has 0 aromatic heterocycles. The standard InChI is InChI=1S/C25H29N/c1-20(2)25-15-21(3)14-24(16-25)19-26(17-22-10-6-4-7-11-22)18-23-12-8-5-9-13-23/h4-16,20H,17-19H2,1-3H3. The van der Waals surface area contributed by atoms with Gasteiger partial charge in [0.15, 0.2) is 0 Å². The molecule has 0 fully saturated rings. The molecule has 0 atom stereocenters. The molecule has 0 aliphatic heterocycles. The predicted molar refractivity (Wildman–Crippen MR) is 111 cm³/mol. The lowest BCUT2D eigenvalue weighted by Gasteiger charge is -2.24. The number of rotatable bonds is 7. The largest absolute Gasteiger partial charge is 0.291 e. The van der Waals surface area contributed by atoms with Crippen LogP contribution in [-0.4, -0.2) is 4.90 Å². The van der Waals surface area contributed by atoms with Crippen molar-refractivity contribution >= 4 is 0 Å². The highest BCUT2D eigenvalue weighted by Crippen LogP contribution is 2.21. The smallest absolute Gasteiger partial charge is 0.0241 e. The van der Waals surface area contributed by atoms with Gasteiger partial charge in [0, 0.05) is 19.6 Å². The Labute approximate surface area is 158 Å². The molecule has 0 N–H and O–H groups in total. The van der Waals surface area contributed by atoms with Crippen LogP contribution in [0.3, 0.4) is 0 Å². The highest BCUT2D eigenvalue weighted by molar-refractivity contribution is 5.31. The number of benzene rings is 3. The second kappa shape index (κ2) is 8.82. The van der Waals surface area contributed by atoms with E-state index in [-0.39, 0.29) is 0 Å². The predicted octanol–water partition coefficient (Wildman–Crippen LogP) is 6.32. The van der Waals surface area contributed by atoms with E-state index in [1.807, 2.05) is 0 Å². The zero-order valence-corrected chi connectivity index (χ0v) is 16.2. The average Bonchev–Trinajstić information content (AvgIpc) is 2.63. The van der Waals surface area contributed by atoms with Crippen molar-refractivity contribution in [3.63, 3.8) is 0 Å². The van der Waals surface area contributed by atoms with Gasteiger partial charge in [-0.2, -0.15) is 0 Å². The first-order chi connectivity index (χ1) is 12.6. The summed E-state index contributed by atoms with van der Waals surface area (Å²) in [7, 11) is 0. The Morgan fingerprint density at radius 1 is 0.654 bits per heavy atom. The minimum Gasteiger partial charge on any atom is -0.291 e. The van der Waals surface area contributed by atoms with Gasteiger partial charge < -0.3 is 0 Å². The summed E-state index contributed by atoms with van der Waals surface area (Å²) in [6.07, 6.45) is 0. The minimum atomic E-state index is 0.561. The summed E-state index contributed by atoms with van der Waals surface area (Å²) in [4.78, 5) is 2.53. The molecule has 0 heterocycles. The Balaban J connectivity index is 1.83. The molecule has 1 nitrogen and oxygen atoms in total. The van der Waals surface area contributed by atoms with Gasteiger partial charge in [-0.1, -0.05) is 98.3 Å². The molecule has 0 bridgehead atoms. The van der Waals surface area contributed by atoms with Gasteiger partial charge in [0.1, 0.15) is 0 Å². The molecular weight excluding hydrogens is 314 g/mol. The molecule has 134 valence electrons. The van der Waals surface area contributed by atoms with E-state index in [1.165, 1.54) is 27.8 Å². The molecule has 0 saturated carbocycles. The van der Waals surface area contributed by atoms with Crippen LogP contribution >= 0.6 is 0 Å². The lowest BCUT2D eigenvalue weighted by molar-refractivity contribution is 0.247. The highest BCUT2D eigenvalue weighted by atomic mass is 15.1. The first-order valence-electron chi connectivity index (χ1n) is 9.51. The van der Waals surface area contributed by atoms with Crippen LogP contribution in [0.4, 0.5) is 0 Å². The summed E-state index contributed by atoms with van der Waals surface area (Å²) in [5.74, 6) is 0.561. The van der Waals surface area contributed by atoms with E-state index in [4.69, 9.17) is 0 Å². The highest BCUT2D eigenvalue weighted by Gasteiger charge is 2.10. The van der Waals surface area contributed by atoms with Crippen molar-refractivity contribution in [3.8, 4) is 0 Å². The summed E-state index contributed by atoms with van der Waals surface area (Å²) in [6.45, 7) is 9.62. The number of aryl methyl sites for hydroxylation is 1. The van der Waals surface area contributed by atoms with E-state index in [0.29, 0.717) is 5.92 Å². The minimum absolute atomic E-state index is 0.561. The van der Waals surface area contributed by atoms with Crippen molar-refractivity contribution in [2.45, 2.75) is 46.3 Å². The van der Waals surface area contributed by atoms with Crippen molar-refractivity contribution in [2.24, 2.45) is 0 Å². The van der Waals surface area contributed by atoms with Crippen LogP contribution in [-0.2, 0) is 19.6 Å². The van der Waals surface area contributed by atoms with Gasteiger partial charge >= 0.3 is 0 Å². The van der Waals surface area contributed by atoms with E-state index in [0.717, 1.165) is 19.6 Å². The van der Waals surface area contributed by atoms with E-state index in [2.05, 4.69) is 105 Å². The van der Waals surface area contributed by atoms with Crippen LogP contribution in [0.25, 0.3) is 0 Å². The summed E-state index contributed by atoms with van der Waals surface area (Å²) >= 11 is 0. The fraction of sp³-hybridized carbons (Fsp3) is 0.280. The fourth-order valence-corrected chi connectivity index (χ4v) is 3.43. The monoisotopic (exact) mass is 343 g/mol. The van der Waals surface area contributed by atoms with E-state index in [1.54, 1.807) is 0 Å². The van der Waals surface area contributed by atoms with Crippen LogP contribution in [0.15, 0.2) is 78.9 Å². The lowest BCUT2D eigenvalue weighted by atomic mass is 9.98. The molecule has 0 spiro atoms. The summed E-state index contributed by atoms with van der Waals surface area (Å²) < 4.78 is 0. The maximum atomic E-state index is 2.53. The molecule has 26 heavy (non-hydrogen) atoms. The van der Waals surface area contributed by atoms with Crippen LogP contribution < -0.4 is 0 Å². The molecule has 3 aromatic carbocycles. The van der Waals surface area contributed by atoms with E-state index in [9.17, 15) is 0 Å². The van der Waals surface area contributed by atoms with Gasteiger partial charge in [-0.05, 0) is 35.1 Å². The van der Waals surface area contributed by atoms with Crippen LogP contribution in [0, 0.1) is 6.92 Å². The first kappa shape index (κ1) is 18.4. The van der Waals surface area contributed by atoms with Crippen molar-refractivity contribution in [2.75, 3.05) is 0 Å². The van der Waals surface area contributed by atoms with Crippen molar-refractivity contribution in [3.05, 3.63) is 107 Å². The Morgan fingerprint density at radius 3 is 1.65 bits per heavy atom. The zero-order valence-electron chi connectivity index (χ0n) is 16.2. The number of nitrogens with zero attached hydrogens (tertiary/aromatic N) is 1. The average molecular weight is 344 g/mol. The second-order valence-electron chi connectivity index (χ2n) is 7.52. The maximum Gasteiger partial charge on any atom is 0.0241 e. The van der Waals surface area contributed by atoms with Crippen LogP contribution in [0.2, 0.25) is 0 Å². The maximum absolute atomic E-state index is 2.53. The third-order valence-corrected chi connectivity index (χ3v) is 4.73. The molecule has 0 aliphatic carbocycles. The molecular formula is C25H29N. The molecule has 0 amide bonds. The van der Waals surface area contributed by atoms with Gasteiger partial charge in [-0.15, -0.1) is 0 Å². The van der Waals surface area contributed by atoms with Crippen LogP contribution in [0.1, 0.15) is 47.6 Å². The lowest BCUT2D eigenvalue weighted by Crippen LogP contribution is -2.22. The summed E-state index contributed by atoms with van der Waals surface area (Å²) in [5.41, 5.74) is 6.91. The molecule has 1 heteroatoms. The van der Waals surface area contributed by atoms with Crippen molar-refractivity contribution in [1.29, 1.82) is 0 Å². The molecule has 0 saturated heterocycles. The van der Waals surface area contributed by atoms with Crippen molar-refractivity contribution < 1.29 is 0 Å². The second-order valence-corrected chi connectivity index (χ2v) is 7.52. The van der Waals surface area contributed by atoms with Gasteiger partial charge in [0.05, 0.1) is 0 Å². The molecule has 0 aliphatic rings. The fourth-order valence-electron chi connectivity index (χ4n) is 3.43. The molecule has 3 aromatic rings. The third-order valence-electron chi connectivity index (χ3n) is 4.73. The number of hydrogen-bond donors (Lipinski definition) is 0.